The van der Waals surface area contributed by atoms with Gasteiger partial charge in [-0.25, -0.2) is 8.78 Å². The number of fused-ring (bicyclic) bond motifs is 1. The average molecular weight is 765 g/mol. The van der Waals surface area contributed by atoms with Gasteiger partial charge in [0.15, 0.2) is 0 Å². The van der Waals surface area contributed by atoms with E-state index in [1.54, 1.807) is 23.1 Å². The van der Waals surface area contributed by atoms with Crippen LogP contribution >= 0.6 is 11.6 Å². The summed E-state index contributed by atoms with van der Waals surface area (Å²) >= 11 is 6.10. The minimum absolute atomic E-state index is 0.0799. The Labute approximate surface area is 326 Å². The average Bonchev–Trinajstić information content (AvgIpc) is 3.14. The molecular weight excluding hydrogens is 706 g/mol. The maximum atomic E-state index is 14.1. The number of nitrogens with zero attached hydrogens (tertiary/aromatic N) is 1. The Morgan fingerprint density at radius 2 is 1.63 bits per heavy atom. The van der Waals surface area contributed by atoms with Crippen molar-refractivity contribution in [3.8, 4) is 0 Å². The zero-order valence-corrected chi connectivity index (χ0v) is 33.4. The number of carbonyl (C=O) groups excluding carboxylic acids is 3. The fourth-order valence-corrected chi connectivity index (χ4v) is 7.94. The van der Waals surface area contributed by atoms with Gasteiger partial charge >= 0.3 is 0 Å². The molecule has 3 aliphatic rings. The second-order valence-electron chi connectivity index (χ2n) is 15.6. The second-order valence-corrected chi connectivity index (χ2v) is 16.1. The highest BCUT2D eigenvalue weighted by molar-refractivity contribution is 6.30. The number of carbonyl (C=O) groups is 3. The molecule has 7 nitrogen and oxygen atoms in total. The summed E-state index contributed by atoms with van der Waals surface area (Å²) in [5.41, 5.74) is 5.06. The number of allylic oxidation sites excluding steroid dienone is 5. The lowest BCUT2D eigenvalue weighted by molar-refractivity contribution is -0.149. The summed E-state index contributed by atoms with van der Waals surface area (Å²) in [7, 11) is 0. The molecule has 2 aliphatic heterocycles. The molecule has 1 saturated heterocycles. The summed E-state index contributed by atoms with van der Waals surface area (Å²) in [5.74, 6) is -3.38. The van der Waals surface area contributed by atoms with E-state index in [0.717, 1.165) is 24.1 Å². The van der Waals surface area contributed by atoms with E-state index in [0.29, 0.717) is 50.2 Å². The van der Waals surface area contributed by atoms with Gasteiger partial charge in [0, 0.05) is 55.9 Å². The lowest BCUT2D eigenvalue weighted by Crippen LogP contribution is -2.58. The lowest BCUT2D eigenvalue weighted by Gasteiger charge is -2.48. The third-order valence-corrected chi connectivity index (χ3v) is 11.5. The van der Waals surface area contributed by atoms with E-state index in [1.807, 2.05) is 50.3 Å². The van der Waals surface area contributed by atoms with Gasteiger partial charge in [0.25, 0.3) is 0 Å². The van der Waals surface area contributed by atoms with Gasteiger partial charge in [0.1, 0.15) is 6.04 Å². The van der Waals surface area contributed by atoms with E-state index in [9.17, 15) is 23.2 Å². The first-order valence-electron chi connectivity index (χ1n) is 19.4. The van der Waals surface area contributed by atoms with Crippen LogP contribution in [0.4, 0.5) is 8.78 Å². The molecule has 0 bridgehead atoms. The summed E-state index contributed by atoms with van der Waals surface area (Å²) < 4.78 is 28.1. The molecule has 2 heterocycles. The van der Waals surface area contributed by atoms with E-state index < -0.39 is 17.4 Å². The first-order chi connectivity index (χ1) is 25.6. The summed E-state index contributed by atoms with van der Waals surface area (Å²) in [6.07, 6.45) is 8.14. The third kappa shape index (κ3) is 11.8. The smallest absolute Gasteiger partial charge is 0.248 e. The van der Waals surface area contributed by atoms with Crippen LogP contribution < -0.4 is 16.0 Å². The zero-order valence-electron chi connectivity index (χ0n) is 32.7. The molecule has 3 amide bonds. The van der Waals surface area contributed by atoms with Gasteiger partial charge in [-0.1, -0.05) is 84.0 Å². The minimum Gasteiger partial charge on any atom is -0.353 e. The Bertz CT molecular complexity index is 1650. The first kappa shape index (κ1) is 42.9. The fourth-order valence-electron chi connectivity index (χ4n) is 7.81. The second kappa shape index (κ2) is 19.7. The molecule has 2 atom stereocenters. The molecule has 5 rings (SSSR count). The quantitative estimate of drug-likeness (QED) is 0.200. The van der Waals surface area contributed by atoms with Crippen molar-refractivity contribution in [2.24, 2.45) is 11.3 Å². The fraction of sp³-hybridized carbons (Fsp3) is 0.523. The molecule has 54 heavy (non-hydrogen) atoms. The van der Waals surface area contributed by atoms with Crippen LogP contribution in [0.3, 0.4) is 0 Å². The molecule has 0 spiro atoms. The highest BCUT2D eigenvalue weighted by atomic mass is 35.5. The van der Waals surface area contributed by atoms with Crippen LogP contribution in [0.5, 0.6) is 0 Å². The molecule has 3 N–H and O–H groups in total. The molecule has 2 fully saturated rings. The van der Waals surface area contributed by atoms with Crippen molar-refractivity contribution in [3.05, 3.63) is 106 Å². The maximum Gasteiger partial charge on any atom is 0.248 e. The van der Waals surface area contributed by atoms with Crippen molar-refractivity contribution in [1.82, 2.24) is 20.9 Å². The van der Waals surface area contributed by atoms with Crippen molar-refractivity contribution in [2.75, 3.05) is 19.6 Å². The number of nitrogens with one attached hydrogen (secondary N) is 3. The van der Waals surface area contributed by atoms with Crippen LogP contribution in [0, 0.1) is 11.3 Å². The van der Waals surface area contributed by atoms with Gasteiger partial charge in [-0.15, -0.1) is 0 Å². The SMILES string of the molecule is C=C/C=C\C(C)=C(C)C.CC(C)NC(=O)C1(C2CCC(F)(F)CC2)CCN(C(=O)[C@@H](Cc2ccc(Cl)cc2)NC(=O)CC2NCCc3ccccc32)CC1. The number of piperidine rings is 1. The zero-order chi connectivity index (χ0) is 39.5. The minimum atomic E-state index is -2.69. The van der Waals surface area contributed by atoms with E-state index in [-0.39, 0.29) is 55.0 Å². The topological polar surface area (TPSA) is 90.5 Å². The number of halogens is 3. The highest BCUT2D eigenvalue weighted by Gasteiger charge is 2.51. The largest absolute Gasteiger partial charge is 0.353 e. The Morgan fingerprint density at radius 3 is 2.24 bits per heavy atom. The van der Waals surface area contributed by atoms with Gasteiger partial charge in [0.05, 0.1) is 5.41 Å². The molecular formula is C44H59ClF2N4O3. The molecule has 2 aromatic rings. The van der Waals surface area contributed by atoms with Crippen molar-refractivity contribution in [2.45, 2.75) is 116 Å². The highest BCUT2D eigenvalue weighted by Crippen LogP contribution is 2.49. The number of hydrogen-bond acceptors (Lipinski definition) is 4. The summed E-state index contributed by atoms with van der Waals surface area (Å²) in [4.78, 5) is 42.9. The van der Waals surface area contributed by atoms with E-state index in [4.69, 9.17) is 11.6 Å². The Morgan fingerprint density at radius 1 is 0.981 bits per heavy atom. The van der Waals surface area contributed by atoms with Crippen molar-refractivity contribution in [1.29, 1.82) is 0 Å². The standard InChI is InChI=1S/C35H45ClF2N4O3.C9H14/c1-23(2)40-33(45)34(26-11-14-35(37,38)15-12-26)16-19-42(20-17-34)32(44)30(21-24-7-9-27(36)10-8-24)41-31(43)22-29-28-6-4-3-5-25(28)13-18-39-29;1-5-6-7-9(4)8(2)3/h3-10,23,26,29-30,39H,11-22H2,1-2H3,(H,40,45)(H,41,43);5-7H,1H2,2-4H3/b;7-6-/t29?,30-;/m1./s1. The molecule has 0 aromatic heterocycles. The summed E-state index contributed by atoms with van der Waals surface area (Å²) in [6.45, 7) is 15.1. The predicted molar refractivity (Wildman–Crippen MR) is 214 cm³/mol. The number of alkyl halides is 2. The number of benzene rings is 2. The van der Waals surface area contributed by atoms with E-state index in [2.05, 4.69) is 55.4 Å². The van der Waals surface area contributed by atoms with Crippen molar-refractivity contribution >= 4 is 29.3 Å². The lowest BCUT2D eigenvalue weighted by atomic mass is 9.62. The van der Waals surface area contributed by atoms with Gasteiger partial charge < -0.3 is 20.9 Å². The van der Waals surface area contributed by atoms with E-state index >= 15 is 0 Å². The number of hydrogen-bond donors (Lipinski definition) is 3. The van der Waals surface area contributed by atoms with Gasteiger partial charge in [-0.3, -0.25) is 14.4 Å². The first-order valence-corrected chi connectivity index (χ1v) is 19.8. The molecule has 1 unspecified atom stereocenters. The Balaban J connectivity index is 0.000000641. The van der Waals surface area contributed by atoms with Crippen molar-refractivity contribution in [3.63, 3.8) is 0 Å². The number of rotatable bonds is 11. The van der Waals surface area contributed by atoms with Crippen LogP contribution in [-0.4, -0.2) is 60.3 Å². The Kier molecular flexibility index (Phi) is 15.6. The summed E-state index contributed by atoms with van der Waals surface area (Å²) in [6, 6.07) is 14.3. The molecule has 1 aliphatic carbocycles. The van der Waals surface area contributed by atoms with Crippen LogP contribution in [0.25, 0.3) is 0 Å². The molecule has 0 radical (unpaired) electrons. The molecule has 294 valence electrons. The third-order valence-electron chi connectivity index (χ3n) is 11.2. The van der Waals surface area contributed by atoms with E-state index in [1.165, 1.54) is 16.7 Å². The van der Waals surface area contributed by atoms with Crippen LogP contribution in [0.1, 0.15) is 102 Å². The number of amides is 3. The van der Waals surface area contributed by atoms with Gasteiger partial charge in [0.2, 0.25) is 23.6 Å². The Hall–Kier alpha value is -3.82. The van der Waals surface area contributed by atoms with Crippen LogP contribution in [0.2, 0.25) is 5.02 Å². The monoisotopic (exact) mass is 764 g/mol. The molecule has 2 aromatic carbocycles. The summed E-state index contributed by atoms with van der Waals surface area (Å²) in [5, 5.41) is 10.1. The molecule has 10 heteroatoms. The maximum absolute atomic E-state index is 14.1. The van der Waals surface area contributed by atoms with Gasteiger partial charge in [-0.2, -0.15) is 0 Å². The number of likely N-dealkylation sites (tertiary alicyclic amines) is 1. The van der Waals surface area contributed by atoms with Gasteiger partial charge in [-0.05, 0) is 108 Å². The molecule has 1 saturated carbocycles. The normalized spacial score (nSPS) is 19.9. The van der Waals surface area contributed by atoms with Crippen molar-refractivity contribution < 1.29 is 23.2 Å². The van der Waals surface area contributed by atoms with Crippen LogP contribution in [0.15, 0.2) is 84.5 Å². The predicted octanol–water partition coefficient (Wildman–Crippen LogP) is 8.69. The van der Waals surface area contributed by atoms with Crippen LogP contribution in [-0.2, 0) is 27.2 Å².